The Hall–Kier alpha value is -2.14. The van der Waals surface area contributed by atoms with E-state index in [-0.39, 0.29) is 5.41 Å². The second-order valence-electron chi connectivity index (χ2n) is 5.77. The molecule has 22 heavy (non-hydrogen) atoms. The lowest BCUT2D eigenvalue weighted by atomic mass is 9.89. The molecule has 116 valence electrons. The number of oxime groups is 1. The molecule has 0 amide bonds. The van der Waals surface area contributed by atoms with Gasteiger partial charge in [0.1, 0.15) is 11.5 Å². The summed E-state index contributed by atoms with van der Waals surface area (Å²) in [7, 11) is 1.58. The number of benzene rings is 1. The first-order valence-corrected chi connectivity index (χ1v) is 7.77. The van der Waals surface area contributed by atoms with Gasteiger partial charge in [-0.15, -0.1) is 11.3 Å². The minimum absolute atomic E-state index is 0.217. The van der Waals surface area contributed by atoms with Gasteiger partial charge < -0.3 is 9.57 Å². The van der Waals surface area contributed by atoms with Crippen LogP contribution in [0.3, 0.4) is 0 Å². The predicted octanol–water partition coefficient (Wildman–Crippen LogP) is 4.36. The first-order valence-electron chi connectivity index (χ1n) is 6.89. The number of hydrogen-bond donors (Lipinski definition) is 0. The average Bonchev–Trinajstić information content (AvgIpc) is 3.00. The average molecular weight is 317 g/mol. The number of carbonyl (C=O) groups excluding carboxylic acids is 1. The normalized spacial score (nSPS) is 12.1. The van der Waals surface area contributed by atoms with Crippen molar-refractivity contribution in [1.82, 2.24) is 0 Å². The Kier molecular flexibility index (Phi) is 4.98. The molecule has 0 fully saturated rings. The summed E-state index contributed by atoms with van der Waals surface area (Å²) >= 11 is 1.57. The molecule has 0 spiro atoms. The SMILES string of the molecule is COc1ccc(C(=O)O/N=C(/c2cccs2)C(C)(C)C)cc1. The fraction of sp³-hybridized carbons (Fsp3) is 0.294. The number of ether oxygens (including phenoxy) is 1. The second kappa shape index (κ2) is 6.75. The summed E-state index contributed by atoms with van der Waals surface area (Å²) < 4.78 is 5.06. The molecule has 0 N–H and O–H groups in total. The Bertz CT molecular complexity index is 652. The van der Waals surface area contributed by atoms with Gasteiger partial charge in [-0.3, -0.25) is 0 Å². The lowest BCUT2D eigenvalue weighted by Gasteiger charge is -2.19. The van der Waals surface area contributed by atoms with E-state index in [0.29, 0.717) is 11.3 Å². The van der Waals surface area contributed by atoms with Crippen LogP contribution < -0.4 is 4.74 Å². The third kappa shape index (κ3) is 3.95. The summed E-state index contributed by atoms with van der Waals surface area (Å²) in [6, 6.07) is 10.6. The summed E-state index contributed by atoms with van der Waals surface area (Å²) in [4.78, 5) is 18.2. The Labute approximate surface area is 134 Å². The topological polar surface area (TPSA) is 47.9 Å². The van der Waals surface area contributed by atoms with E-state index in [0.717, 1.165) is 10.6 Å². The maximum atomic E-state index is 12.1. The molecule has 0 aliphatic rings. The smallest absolute Gasteiger partial charge is 0.365 e. The first kappa shape index (κ1) is 16.2. The van der Waals surface area contributed by atoms with Gasteiger partial charge in [0.25, 0.3) is 0 Å². The predicted molar refractivity (Wildman–Crippen MR) is 88.7 cm³/mol. The fourth-order valence-electron chi connectivity index (χ4n) is 1.83. The maximum absolute atomic E-state index is 12.1. The van der Waals surface area contributed by atoms with Crippen LogP contribution in [0.2, 0.25) is 0 Å². The highest BCUT2D eigenvalue weighted by atomic mass is 32.1. The molecule has 2 rings (SSSR count). The van der Waals surface area contributed by atoms with Crippen molar-refractivity contribution in [2.75, 3.05) is 7.11 Å². The zero-order chi connectivity index (χ0) is 16.2. The van der Waals surface area contributed by atoms with Crippen molar-refractivity contribution in [1.29, 1.82) is 0 Å². The maximum Gasteiger partial charge on any atom is 0.365 e. The highest BCUT2D eigenvalue weighted by Gasteiger charge is 2.23. The summed E-state index contributed by atoms with van der Waals surface area (Å²) in [6.45, 7) is 6.10. The minimum Gasteiger partial charge on any atom is -0.497 e. The summed E-state index contributed by atoms with van der Waals surface area (Å²) in [5, 5.41) is 6.08. The molecule has 4 nitrogen and oxygen atoms in total. The molecule has 0 bridgehead atoms. The molecule has 1 heterocycles. The Morgan fingerprint density at radius 2 is 1.82 bits per heavy atom. The highest BCUT2D eigenvalue weighted by molar-refractivity contribution is 7.12. The van der Waals surface area contributed by atoms with Gasteiger partial charge in [-0.1, -0.05) is 32.0 Å². The zero-order valence-corrected chi connectivity index (χ0v) is 13.9. The van der Waals surface area contributed by atoms with Gasteiger partial charge in [0.05, 0.1) is 17.6 Å². The number of rotatable bonds is 4. The lowest BCUT2D eigenvalue weighted by molar-refractivity contribution is 0.0513. The van der Waals surface area contributed by atoms with Gasteiger partial charge >= 0.3 is 5.97 Å². The molecule has 0 saturated heterocycles. The molecule has 5 heteroatoms. The number of carbonyl (C=O) groups is 1. The Morgan fingerprint density at radius 1 is 1.14 bits per heavy atom. The van der Waals surface area contributed by atoms with Crippen molar-refractivity contribution in [3.05, 3.63) is 52.2 Å². The quantitative estimate of drug-likeness (QED) is 0.478. The molecule has 0 aliphatic carbocycles. The van der Waals surface area contributed by atoms with E-state index in [2.05, 4.69) is 5.16 Å². The molecule has 1 aromatic carbocycles. The number of nitrogens with zero attached hydrogens (tertiary/aromatic N) is 1. The van der Waals surface area contributed by atoms with Crippen molar-refractivity contribution in [2.45, 2.75) is 20.8 Å². The standard InChI is InChI=1S/C17H19NO3S/c1-17(2,3)15(14-6-5-11-22-14)18-21-16(19)12-7-9-13(20-4)10-8-12/h5-11H,1-4H3/b18-15-. The van der Waals surface area contributed by atoms with Gasteiger partial charge in [-0.2, -0.15) is 0 Å². The van der Waals surface area contributed by atoms with Crippen LogP contribution >= 0.6 is 11.3 Å². The van der Waals surface area contributed by atoms with Gasteiger partial charge in [-0.25, -0.2) is 4.79 Å². The van der Waals surface area contributed by atoms with Crippen molar-refractivity contribution in [2.24, 2.45) is 10.6 Å². The second-order valence-corrected chi connectivity index (χ2v) is 6.72. The molecule has 2 aromatic rings. The molecule has 0 radical (unpaired) electrons. The largest absolute Gasteiger partial charge is 0.497 e. The van der Waals surface area contributed by atoms with Crippen LogP contribution in [0.1, 0.15) is 36.0 Å². The summed E-state index contributed by atoms with van der Waals surface area (Å²) in [5.41, 5.74) is 0.971. The van der Waals surface area contributed by atoms with Crippen molar-refractivity contribution in [3.63, 3.8) is 0 Å². The van der Waals surface area contributed by atoms with E-state index in [1.165, 1.54) is 0 Å². The molecular formula is C17H19NO3S. The lowest BCUT2D eigenvalue weighted by Crippen LogP contribution is -2.21. The van der Waals surface area contributed by atoms with Crippen LogP contribution in [0, 0.1) is 5.41 Å². The van der Waals surface area contributed by atoms with Gasteiger partial charge in [0, 0.05) is 5.41 Å². The van der Waals surface area contributed by atoms with Crippen molar-refractivity contribution < 1.29 is 14.4 Å². The minimum atomic E-state index is -0.485. The van der Waals surface area contributed by atoms with E-state index < -0.39 is 5.97 Å². The monoisotopic (exact) mass is 317 g/mol. The summed E-state index contributed by atoms with van der Waals surface area (Å²) in [6.07, 6.45) is 0. The third-order valence-corrected chi connectivity index (χ3v) is 3.89. The van der Waals surface area contributed by atoms with Gasteiger partial charge in [-0.05, 0) is 35.7 Å². The van der Waals surface area contributed by atoms with Crippen molar-refractivity contribution in [3.8, 4) is 5.75 Å². The zero-order valence-electron chi connectivity index (χ0n) is 13.1. The van der Waals surface area contributed by atoms with Crippen LogP contribution in [0.4, 0.5) is 0 Å². The number of thiophene rings is 1. The molecule has 1 aromatic heterocycles. The van der Waals surface area contributed by atoms with E-state index in [1.54, 1.807) is 42.7 Å². The fourth-order valence-corrected chi connectivity index (χ4v) is 2.75. The molecule has 0 aliphatic heterocycles. The van der Waals surface area contributed by atoms with Crippen LogP contribution in [0.15, 0.2) is 46.9 Å². The highest BCUT2D eigenvalue weighted by Crippen LogP contribution is 2.25. The van der Waals surface area contributed by atoms with E-state index in [1.807, 2.05) is 38.3 Å². The Balaban J connectivity index is 2.18. The van der Waals surface area contributed by atoms with E-state index in [4.69, 9.17) is 9.57 Å². The van der Waals surface area contributed by atoms with Crippen LogP contribution in [-0.2, 0) is 4.84 Å². The van der Waals surface area contributed by atoms with Crippen molar-refractivity contribution >= 4 is 23.0 Å². The molecular weight excluding hydrogens is 298 g/mol. The van der Waals surface area contributed by atoms with Crippen LogP contribution in [-0.4, -0.2) is 18.8 Å². The van der Waals surface area contributed by atoms with Gasteiger partial charge in [0.15, 0.2) is 0 Å². The molecule has 0 unspecified atom stereocenters. The van der Waals surface area contributed by atoms with Gasteiger partial charge in [0.2, 0.25) is 0 Å². The molecule has 0 atom stereocenters. The first-order chi connectivity index (χ1) is 10.4. The number of methoxy groups -OCH3 is 1. The summed E-state index contributed by atoms with van der Waals surface area (Å²) in [5.74, 6) is 0.204. The van der Waals surface area contributed by atoms with E-state index in [9.17, 15) is 4.79 Å². The third-order valence-electron chi connectivity index (χ3n) is 3.01. The van der Waals surface area contributed by atoms with E-state index >= 15 is 0 Å². The van der Waals surface area contributed by atoms with Crippen LogP contribution in [0.5, 0.6) is 5.75 Å². The number of hydrogen-bond acceptors (Lipinski definition) is 5. The Morgan fingerprint density at radius 3 is 2.32 bits per heavy atom. The molecule has 0 saturated carbocycles. The van der Waals surface area contributed by atoms with Crippen LogP contribution in [0.25, 0.3) is 0 Å².